The van der Waals surface area contributed by atoms with Crippen molar-refractivity contribution in [3.8, 4) is 0 Å². The molecule has 0 saturated carbocycles. The van der Waals surface area contributed by atoms with E-state index >= 15 is 0 Å². The predicted octanol–water partition coefficient (Wildman–Crippen LogP) is 7.34. The first-order chi connectivity index (χ1) is 24.2. The fourth-order valence-electron chi connectivity index (χ4n) is 10.3. The van der Waals surface area contributed by atoms with Crippen LogP contribution in [-0.4, -0.2) is 55.4 Å². The fraction of sp³-hybridized carbons (Fsp3) is 0.543. The highest BCUT2D eigenvalue weighted by atomic mass is 16.2. The van der Waals surface area contributed by atoms with Gasteiger partial charge in [-0.3, -0.25) is 9.59 Å². The Labute approximate surface area is 306 Å². The predicted molar refractivity (Wildman–Crippen MR) is 211 cm³/mol. The zero-order chi connectivity index (χ0) is 36.4. The van der Waals surface area contributed by atoms with Crippen LogP contribution < -0.4 is 20.1 Å². The molecule has 0 aromatic heterocycles. The van der Waals surface area contributed by atoms with Gasteiger partial charge in [-0.2, -0.15) is 0 Å². The Balaban J connectivity index is 1.42. The van der Waals surface area contributed by atoms with Crippen LogP contribution in [0.15, 0.2) is 42.5 Å². The van der Waals surface area contributed by atoms with Gasteiger partial charge in [0.2, 0.25) is 5.36 Å². The average Bonchev–Trinajstić information content (AvgIpc) is 3.09. The Kier molecular flexibility index (Phi) is 9.34. The van der Waals surface area contributed by atoms with Crippen molar-refractivity contribution in [3.05, 3.63) is 97.5 Å². The number of ketones is 1. The molecule has 3 aromatic rings. The maximum absolute atomic E-state index is 14.1. The Morgan fingerprint density at radius 1 is 1.02 bits per heavy atom. The molecule has 51 heavy (non-hydrogen) atoms. The number of nitrogens with zero attached hydrogens (tertiary/aromatic N) is 3. The number of carbonyl (C=O) groups excluding carboxylic acids is 2. The summed E-state index contributed by atoms with van der Waals surface area (Å²) in [4.78, 5) is 30.9. The number of carbonyl (C=O) groups is 2. The second-order valence-corrected chi connectivity index (χ2v) is 17.5. The molecule has 0 N–H and O–H groups in total. The first-order valence-corrected chi connectivity index (χ1v) is 19.9. The Morgan fingerprint density at radius 2 is 1.75 bits per heavy atom. The van der Waals surface area contributed by atoms with Crippen molar-refractivity contribution in [1.29, 1.82) is 0 Å². The summed E-state index contributed by atoms with van der Waals surface area (Å²) in [5, 5.41) is 2.93. The van der Waals surface area contributed by atoms with Gasteiger partial charge in [0.1, 0.15) is 18.9 Å². The molecule has 5 nitrogen and oxygen atoms in total. The third-order valence-electron chi connectivity index (χ3n) is 12.8. The van der Waals surface area contributed by atoms with Gasteiger partial charge < -0.3 is 9.80 Å². The van der Waals surface area contributed by atoms with Crippen LogP contribution in [0.3, 0.4) is 0 Å². The van der Waals surface area contributed by atoms with Gasteiger partial charge in [0, 0.05) is 78.6 Å². The van der Waals surface area contributed by atoms with Crippen molar-refractivity contribution in [2.24, 2.45) is 5.92 Å². The van der Waals surface area contributed by atoms with Crippen LogP contribution >= 0.6 is 0 Å². The minimum atomic E-state index is -0.165. The zero-order valence-corrected chi connectivity index (χ0v) is 32.8. The van der Waals surface area contributed by atoms with E-state index in [1.54, 1.807) is 5.56 Å². The van der Waals surface area contributed by atoms with Gasteiger partial charge in [-0.15, -0.1) is 0 Å². The van der Waals surface area contributed by atoms with Crippen LogP contribution in [0.25, 0.3) is 5.57 Å². The molecule has 1 unspecified atom stereocenters. The molecule has 1 amide bonds. The normalized spacial score (nSPS) is 19.6. The Bertz CT molecular complexity index is 2030. The van der Waals surface area contributed by atoms with E-state index < -0.39 is 0 Å². The summed E-state index contributed by atoms with van der Waals surface area (Å²) in [6.45, 7) is 22.3. The number of amides is 1. The van der Waals surface area contributed by atoms with Gasteiger partial charge in [0.05, 0.1) is 0 Å². The van der Waals surface area contributed by atoms with Crippen LogP contribution in [0.4, 0.5) is 5.69 Å². The SMILES string of the molecule is CCN1c2cc3c(cc2C(C)CC1(C)C)C(Cc1ccccc1C(=O)N(C)CCCC(=O)C(C)C)=c1cc2c4c(c1C3(C)C)CCC[N+]=4CCC2. The molecule has 0 saturated heterocycles. The Hall–Kier alpha value is -3.73. The third-order valence-corrected chi connectivity index (χ3v) is 12.8. The average molecular weight is 687 g/mol. The van der Waals surface area contributed by atoms with E-state index in [9.17, 15) is 9.59 Å². The van der Waals surface area contributed by atoms with E-state index in [0.29, 0.717) is 31.7 Å². The molecule has 3 aromatic carbocycles. The van der Waals surface area contributed by atoms with Gasteiger partial charge in [0.25, 0.3) is 5.91 Å². The van der Waals surface area contributed by atoms with Crippen molar-refractivity contribution in [1.82, 2.24) is 9.48 Å². The molecule has 1 atom stereocenters. The quantitative estimate of drug-likeness (QED) is 0.222. The highest BCUT2D eigenvalue weighted by molar-refractivity contribution is 5.96. The van der Waals surface area contributed by atoms with E-state index in [0.717, 1.165) is 50.0 Å². The number of rotatable bonds is 9. The summed E-state index contributed by atoms with van der Waals surface area (Å²) in [7, 11) is 1.89. The molecule has 270 valence electrons. The minimum absolute atomic E-state index is 0.0309. The topological polar surface area (TPSA) is 43.6 Å². The highest BCUT2D eigenvalue weighted by Crippen LogP contribution is 2.49. The number of fused-ring (bicyclic) bond motifs is 4. The lowest BCUT2D eigenvalue weighted by atomic mass is 9.65. The number of Topliss-reactive ketones (excluding diaryl/α,β-unsaturated/α-hetero) is 1. The van der Waals surface area contributed by atoms with E-state index in [1.807, 2.05) is 37.9 Å². The van der Waals surface area contributed by atoms with Gasteiger partial charge in [-0.25, -0.2) is 4.58 Å². The maximum atomic E-state index is 14.1. The number of aryl methyl sites for hydroxylation is 1. The second kappa shape index (κ2) is 13.4. The number of hydrogen-bond acceptors (Lipinski definition) is 3. The van der Waals surface area contributed by atoms with Gasteiger partial charge in [-0.1, -0.05) is 52.8 Å². The maximum Gasteiger partial charge on any atom is 0.253 e. The molecule has 3 aliphatic heterocycles. The minimum Gasteiger partial charge on any atom is -0.366 e. The van der Waals surface area contributed by atoms with E-state index in [1.165, 1.54) is 62.5 Å². The molecule has 1 aliphatic carbocycles. The first kappa shape index (κ1) is 35.7. The van der Waals surface area contributed by atoms with E-state index in [4.69, 9.17) is 0 Å². The molecule has 3 heterocycles. The summed E-state index contributed by atoms with van der Waals surface area (Å²) < 4.78 is 2.68. The summed E-state index contributed by atoms with van der Waals surface area (Å²) in [5.74, 6) is 0.785. The summed E-state index contributed by atoms with van der Waals surface area (Å²) in [5.41, 5.74) is 13.4. The van der Waals surface area contributed by atoms with Crippen LogP contribution in [-0.2, 0) is 29.5 Å². The molecular formula is C46H60N3O2+. The number of benzene rings is 3. The first-order valence-electron chi connectivity index (χ1n) is 19.9. The van der Waals surface area contributed by atoms with Gasteiger partial charge in [-0.05, 0) is 122 Å². The molecule has 4 aliphatic rings. The van der Waals surface area contributed by atoms with Gasteiger partial charge in [0.15, 0.2) is 0 Å². The highest BCUT2D eigenvalue weighted by Gasteiger charge is 2.42. The molecule has 5 heteroatoms. The molecule has 0 radical (unpaired) electrons. The smallest absolute Gasteiger partial charge is 0.253 e. The number of hydrogen-bond donors (Lipinski definition) is 0. The third kappa shape index (κ3) is 6.07. The van der Waals surface area contributed by atoms with E-state index in [2.05, 4.69) is 81.3 Å². The standard InChI is InChI=1S/C46H60N3O2/c1-10-49-40-27-39-37(26-35(40)30(4)28-45(49,5)6)36(24-31-16-11-12-18-33(31)44(51)47(9)21-15-20-41(50)29(2)3)38-25-32-17-13-22-48-23-14-19-34(43(32)48)42(38)46(39,7)8/h11-12,16,18,25-27,29-30H,10,13-15,17,19-24,28H2,1-9H3/q+1. The van der Waals surface area contributed by atoms with Crippen LogP contribution in [0.2, 0.25) is 0 Å². The molecule has 0 fully saturated rings. The van der Waals surface area contributed by atoms with Crippen molar-refractivity contribution >= 4 is 23.0 Å². The Morgan fingerprint density at radius 3 is 2.47 bits per heavy atom. The van der Waals surface area contributed by atoms with Gasteiger partial charge >= 0.3 is 0 Å². The fourth-order valence-corrected chi connectivity index (χ4v) is 10.3. The molecule has 0 bridgehead atoms. The van der Waals surface area contributed by atoms with Crippen molar-refractivity contribution in [3.63, 3.8) is 0 Å². The lowest BCUT2D eigenvalue weighted by Gasteiger charge is -2.48. The zero-order valence-electron chi connectivity index (χ0n) is 32.8. The van der Waals surface area contributed by atoms with E-state index in [-0.39, 0.29) is 28.6 Å². The van der Waals surface area contributed by atoms with Crippen LogP contribution in [0, 0.1) is 5.92 Å². The second-order valence-electron chi connectivity index (χ2n) is 17.5. The monoisotopic (exact) mass is 686 g/mol. The van der Waals surface area contributed by atoms with Crippen LogP contribution in [0.5, 0.6) is 0 Å². The summed E-state index contributed by atoms with van der Waals surface area (Å²) in [6, 6.07) is 16.0. The summed E-state index contributed by atoms with van der Waals surface area (Å²) in [6.07, 6.45) is 7.70. The lowest BCUT2D eigenvalue weighted by Crippen LogP contribution is -2.50. The van der Waals surface area contributed by atoms with Crippen molar-refractivity contribution < 1.29 is 9.59 Å². The number of anilines is 1. The van der Waals surface area contributed by atoms with Crippen LogP contribution in [0.1, 0.15) is 143 Å². The molecule has 7 rings (SSSR count). The lowest BCUT2D eigenvalue weighted by molar-refractivity contribution is -0.122. The largest absolute Gasteiger partial charge is 0.366 e. The summed E-state index contributed by atoms with van der Waals surface area (Å²) >= 11 is 0. The van der Waals surface area contributed by atoms with Crippen molar-refractivity contribution in [2.75, 3.05) is 38.1 Å². The molecular weight excluding hydrogens is 627 g/mol. The molecule has 0 spiro atoms. The van der Waals surface area contributed by atoms with Crippen molar-refractivity contribution in [2.45, 2.75) is 124 Å².